The van der Waals surface area contributed by atoms with Crippen molar-refractivity contribution in [1.82, 2.24) is 0 Å². The number of methoxy groups -OCH3 is 1. The Labute approximate surface area is 136 Å². The zero-order valence-corrected chi connectivity index (χ0v) is 13.9. The van der Waals surface area contributed by atoms with Gasteiger partial charge in [0, 0.05) is 16.8 Å². The van der Waals surface area contributed by atoms with Crippen LogP contribution < -0.4 is 10.1 Å². The van der Waals surface area contributed by atoms with Crippen molar-refractivity contribution >= 4 is 17.4 Å². The number of carbonyl (C=O) groups excluding carboxylic acids is 2. The van der Waals surface area contributed by atoms with E-state index in [0.717, 1.165) is 11.3 Å². The molecule has 0 aliphatic rings. The lowest BCUT2D eigenvalue weighted by molar-refractivity contribution is -0.115. The first-order chi connectivity index (χ1) is 10.9. The molecule has 4 heteroatoms. The Morgan fingerprint density at radius 2 is 1.78 bits per heavy atom. The number of rotatable bonds is 5. The van der Waals surface area contributed by atoms with E-state index in [1.54, 1.807) is 25.3 Å². The summed E-state index contributed by atoms with van der Waals surface area (Å²) in [5.74, 6) is 0.418. The van der Waals surface area contributed by atoms with Crippen molar-refractivity contribution in [2.45, 2.75) is 27.2 Å². The molecule has 1 amide bonds. The second kappa shape index (κ2) is 7.09. The molecule has 0 bridgehead atoms. The van der Waals surface area contributed by atoms with Crippen molar-refractivity contribution in [2.24, 2.45) is 0 Å². The van der Waals surface area contributed by atoms with Crippen molar-refractivity contribution in [3.63, 3.8) is 0 Å². The maximum Gasteiger partial charge on any atom is 0.228 e. The van der Waals surface area contributed by atoms with E-state index in [1.165, 1.54) is 12.5 Å². The molecule has 0 heterocycles. The standard InChI is InChI=1S/C19H21NO3/c1-12-5-7-17(9-13(12)2)20-19(22)11-16-10-15(14(3)21)6-8-18(16)23-4/h5-10H,11H2,1-4H3,(H,20,22). The van der Waals surface area contributed by atoms with Crippen LogP contribution in [0.1, 0.15) is 34.0 Å². The highest BCUT2D eigenvalue weighted by Crippen LogP contribution is 2.22. The zero-order valence-electron chi connectivity index (χ0n) is 13.9. The first kappa shape index (κ1) is 16.7. The summed E-state index contributed by atoms with van der Waals surface area (Å²) in [6.45, 7) is 5.53. The fourth-order valence-corrected chi connectivity index (χ4v) is 2.33. The second-order valence-corrected chi connectivity index (χ2v) is 5.61. The van der Waals surface area contributed by atoms with Gasteiger partial charge in [-0.2, -0.15) is 0 Å². The van der Waals surface area contributed by atoms with Gasteiger partial charge in [0.25, 0.3) is 0 Å². The van der Waals surface area contributed by atoms with Crippen LogP contribution in [0, 0.1) is 13.8 Å². The van der Waals surface area contributed by atoms with Crippen LogP contribution in [-0.2, 0) is 11.2 Å². The number of aryl methyl sites for hydroxylation is 2. The molecule has 0 unspecified atom stereocenters. The Kier molecular flexibility index (Phi) is 5.16. The van der Waals surface area contributed by atoms with Gasteiger partial charge in [0.05, 0.1) is 13.5 Å². The van der Waals surface area contributed by atoms with E-state index in [9.17, 15) is 9.59 Å². The summed E-state index contributed by atoms with van der Waals surface area (Å²) < 4.78 is 5.27. The van der Waals surface area contributed by atoms with E-state index in [2.05, 4.69) is 5.32 Å². The number of nitrogens with one attached hydrogen (secondary N) is 1. The van der Waals surface area contributed by atoms with Gasteiger partial charge in [0.15, 0.2) is 5.78 Å². The van der Waals surface area contributed by atoms with E-state index in [1.807, 2.05) is 32.0 Å². The minimum Gasteiger partial charge on any atom is -0.496 e. The highest BCUT2D eigenvalue weighted by atomic mass is 16.5. The lowest BCUT2D eigenvalue weighted by Gasteiger charge is -2.11. The van der Waals surface area contributed by atoms with Crippen molar-refractivity contribution in [1.29, 1.82) is 0 Å². The highest BCUT2D eigenvalue weighted by Gasteiger charge is 2.12. The van der Waals surface area contributed by atoms with Crippen LogP contribution in [0.25, 0.3) is 0 Å². The predicted octanol–water partition coefficient (Wildman–Crippen LogP) is 3.70. The molecular weight excluding hydrogens is 290 g/mol. The fourth-order valence-electron chi connectivity index (χ4n) is 2.33. The molecule has 2 rings (SSSR count). The number of hydrogen-bond acceptors (Lipinski definition) is 3. The fraction of sp³-hybridized carbons (Fsp3) is 0.263. The number of carbonyl (C=O) groups is 2. The van der Waals surface area contributed by atoms with E-state index < -0.39 is 0 Å². The SMILES string of the molecule is COc1ccc(C(C)=O)cc1CC(=O)Nc1ccc(C)c(C)c1. The van der Waals surface area contributed by atoms with Crippen molar-refractivity contribution < 1.29 is 14.3 Å². The first-order valence-corrected chi connectivity index (χ1v) is 7.45. The molecule has 0 aliphatic heterocycles. The molecule has 0 spiro atoms. The van der Waals surface area contributed by atoms with Gasteiger partial charge in [-0.25, -0.2) is 0 Å². The molecule has 4 nitrogen and oxygen atoms in total. The van der Waals surface area contributed by atoms with Crippen molar-refractivity contribution in [2.75, 3.05) is 12.4 Å². The summed E-state index contributed by atoms with van der Waals surface area (Å²) in [7, 11) is 1.55. The number of benzene rings is 2. The Hall–Kier alpha value is -2.62. The average Bonchev–Trinajstić information content (AvgIpc) is 2.50. The van der Waals surface area contributed by atoms with Crippen LogP contribution in [0.15, 0.2) is 36.4 Å². The normalized spacial score (nSPS) is 10.3. The number of hydrogen-bond donors (Lipinski definition) is 1. The Morgan fingerprint density at radius 3 is 2.39 bits per heavy atom. The van der Waals surface area contributed by atoms with E-state index >= 15 is 0 Å². The molecule has 1 N–H and O–H groups in total. The summed E-state index contributed by atoms with van der Waals surface area (Å²) in [5.41, 5.74) is 4.33. The zero-order chi connectivity index (χ0) is 17.0. The number of anilines is 1. The summed E-state index contributed by atoms with van der Waals surface area (Å²) in [6.07, 6.45) is 0.150. The van der Waals surface area contributed by atoms with Gasteiger partial charge in [0.1, 0.15) is 5.75 Å². The van der Waals surface area contributed by atoms with Crippen LogP contribution >= 0.6 is 0 Å². The van der Waals surface area contributed by atoms with Crippen LogP contribution in [0.3, 0.4) is 0 Å². The third-order valence-electron chi connectivity index (χ3n) is 3.83. The van der Waals surface area contributed by atoms with Gasteiger partial charge in [-0.05, 0) is 62.2 Å². The summed E-state index contributed by atoms with van der Waals surface area (Å²) in [6, 6.07) is 10.9. The molecule has 0 radical (unpaired) electrons. The van der Waals surface area contributed by atoms with E-state index in [0.29, 0.717) is 16.9 Å². The third kappa shape index (κ3) is 4.19. The Balaban J connectivity index is 2.17. The molecule has 0 saturated heterocycles. The topological polar surface area (TPSA) is 55.4 Å². The van der Waals surface area contributed by atoms with Crippen LogP contribution in [0.4, 0.5) is 5.69 Å². The summed E-state index contributed by atoms with van der Waals surface area (Å²) in [5, 5.41) is 2.88. The number of ketones is 1. The highest BCUT2D eigenvalue weighted by molar-refractivity contribution is 5.96. The van der Waals surface area contributed by atoms with E-state index in [-0.39, 0.29) is 18.1 Å². The summed E-state index contributed by atoms with van der Waals surface area (Å²) in [4.78, 5) is 23.8. The van der Waals surface area contributed by atoms with Crippen LogP contribution in [0.5, 0.6) is 5.75 Å². The Morgan fingerprint density at radius 1 is 1.04 bits per heavy atom. The predicted molar refractivity (Wildman–Crippen MR) is 91.2 cm³/mol. The Bertz CT molecular complexity index is 750. The maximum absolute atomic E-state index is 12.3. The van der Waals surface area contributed by atoms with Gasteiger partial charge in [-0.1, -0.05) is 6.07 Å². The molecule has 0 atom stereocenters. The quantitative estimate of drug-likeness (QED) is 0.857. The molecule has 2 aromatic carbocycles. The lowest BCUT2D eigenvalue weighted by Crippen LogP contribution is -2.15. The number of amides is 1. The summed E-state index contributed by atoms with van der Waals surface area (Å²) >= 11 is 0. The van der Waals surface area contributed by atoms with Gasteiger partial charge in [0.2, 0.25) is 5.91 Å². The van der Waals surface area contributed by atoms with Gasteiger partial charge < -0.3 is 10.1 Å². The smallest absolute Gasteiger partial charge is 0.228 e. The molecule has 0 aromatic heterocycles. The third-order valence-corrected chi connectivity index (χ3v) is 3.83. The molecular formula is C19H21NO3. The number of Topliss-reactive ketones (excluding diaryl/α,β-unsaturated/α-hetero) is 1. The van der Waals surface area contributed by atoms with Crippen LogP contribution in [-0.4, -0.2) is 18.8 Å². The minimum absolute atomic E-state index is 0.0385. The second-order valence-electron chi connectivity index (χ2n) is 5.61. The largest absolute Gasteiger partial charge is 0.496 e. The first-order valence-electron chi connectivity index (χ1n) is 7.45. The van der Waals surface area contributed by atoms with Gasteiger partial charge >= 0.3 is 0 Å². The molecule has 0 aliphatic carbocycles. The van der Waals surface area contributed by atoms with Crippen molar-refractivity contribution in [3.05, 3.63) is 58.7 Å². The average molecular weight is 311 g/mol. The minimum atomic E-state index is -0.146. The van der Waals surface area contributed by atoms with Crippen LogP contribution in [0.2, 0.25) is 0 Å². The van der Waals surface area contributed by atoms with Gasteiger partial charge in [-0.15, -0.1) is 0 Å². The molecule has 0 saturated carbocycles. The van der Waals surface area contributed by atoms with E-state index in [4.69, 9.17) is 4.74 Å². The lowest BCUT2D eigenvalue weighted by atomic mass is 10.0. The molecule has 2 aromatic rings. The van der Waals surface area contributed by atoms with Gasteiger partial charge in [-0.3, -0.25) is 9.59 Å². The molecule has 0 fully saturated rings. The monoisotopic (exact) mass is 311 g/mol. The maximum atomic E-state index is 12.3. The number of ether oxygens (including phenoxy) is 1. The van der Waals surface area contributed by atoms with Crippen molar-refractivity contribution in [3.8, 4) is 5.75 Å². The molecule has 120 valence electrons. The molecule has 23 heavy (non-hydrogen) atoms.